The number of ether oxygens (including phenoxy) is 2. The Morgan fingerprint density at radius 2 is 2.22 bits per heavy atom. The van der Waals surface area contributed by atoms with Crippen LogP contribution in [0, 0.1) is 0 Å². The molecule has 0 bridgehead atoms. The summed E-state index contributed by atoms with van der Waals surface area (Å²) in [6.45, 7) is 6.06. The van der Waals surface area contributed by atoms with E-state index in [1.807, 2.05) is 31.4 Å². The standard InChI is InChI=1S/C13H14N2O3/c1-4-17-12-14-9-7-5-6-8-10(9)15(12)13(2,3)18-11(8)16/h5-7H,4H2,1-3H3. The molecule has 1 aliphatic rings. The summed E-state index contributed by atoms with van der Waals surface area (Å²) in [5.41, 5.74) is 1.28. The quantitative estimate of drug-likeness (QED) is 0.763. The second-order valence-corrected chi connectivity index (χ2v) is 4.67. The average Bonchev–Trinajstić information content (AvgIpc) is 2.65. The van der Waals surface area contributed by atoms with Gasteiger partial charge in [0.15, 0.2) is 5.72 Å². The van der Waals surface area contributed by atoms with Crippen LogP contribution in [0.5, 0.6) is 6.01 Å². The van der Waals surface area contributed by atoms with Gasteiger partial charge in [-0.3, -0.25) is 4.57 Å². The van der Waals surface area contributed by atoms with Crippen molar-refractivity contribution in [3.05, 3.63) is 23.8 Å². The van der Waals surface area contributed by atoms with Gasteiger partial charge in [-0.25, -0.2) is 4.79 Å². The highest BCUT2D eigenvalue weighted by atomic mass is 16.6. The van der Waals surface area contributed by atoms with Gasteiger partial charge in [-0.05, 0) is 32.9 Å². The molecule has 0 amide bonds. The molecule has 0 spiro atoms. The molecule has 0 aliphatic carbocycles. The lowest BCUT2D eigenvalue weighted by Crippen LogP contribution is -2.36. The first-order valence-electron chi connectivity index (χ1n) is 5.92. The van der Waals surface area contributed by atoms with Gasteiger partial charge in [0.25, 0.3) is 0 Å². The van der Waals surface area contributed by atoms with Gasteiger partial charge in [0.05, 0.1) is 23.2 Å². The molecule has 1 aromatic carbocycles. The van der Waals surface area contributed by atoms with Gasteiger partial charge in [-0.1, -0.05) is 6.07 Å². The van der Waals surface area contributed by atoms with Crippen molar-refractivity contribution in [1.82, 2.24) is 9.55 Å². The van der Waals surface area contributed by atoms with Crippen LogP contribution in [0.3, 0.4) is 0 Å². The summed E-state index contributed by atoms with van der Waals surface area (Å²) >= 11 is 0. The molecule has 5 heteroatoms. The lowest BCUT2D eigenvalue weighted by atomic mass is 10.1. The SMILES string of the molecule is CCOc1nc2cccc3c2n1C(C)(C)OC3=O. The van der Waals surface area contributed by atoms with Gasteiger partial charge >= 0.3 is 12.0 Å². The van der Waals surface area contributed by atoms with Crippen molar-refractivity contribution in [2.24, 2.45) is 0 Å². The van der Waals surface area contributed by atoms with Gasteiger partial charge in [0.2, 0.25) is 0 Å². The van der Waals surface area contributed by atoms with Crippen LogP contribution in [0.4, 0.5) is 0 Å². The van der Waals surface area contributed by atoms with Crippen LogP contribution < -0.4 is 4.74 Å². The minimum atomic E-state index is -0.787. The monoisotopic (exact) mass is 246 g/mol. The maximum Gasteiger partial charge on any atom is 0.342 e. The zero-order chi connectivity index (χ0) is 12.9. The van der Waals surface area contributed by atoms with E-state index in [-0.39, 0.29) is 5.97 Å². The molecule has 0 N–H and O–H groups in total. The van der Waals surface area contributed by atoms with Crippen LogP contribution in [0.25, 0.3) is 11.0 Å². The zero-order valence-corrected chi connectivity index (χ0v) is 10.6. The van der Waals surface area contributed by atoms with Crippen molar-refractivity contribution < 1.29 is 14.3 Å². The Bertz CT molecular complexity index is 643. The number of hydrogen-bond donors (Lipinski definition) is 0. The average molecular weight is 246 g/mol. The highest BCUT2D eigenvalue weighted by Crippen LogP contribution is 2.37. The number of para-hydroxylation sites is 1. The second kappa shape index (κ2) is 3.48. The molecular weight excluding hydrogens is 232 g/mol. The Morgan fingerprint density at radius 3 is 2.94 bits per heavy atom. The van der Waals surface area contributed by atoms with Crippen LogP contribution in [-0.2, 0) is 10.5 Å². The Morgan fingerprint density at radius 1 is 1.44 bits per heavy atom. The molecule has 0 saturated heterocycles. The zero-order valence-electron chi connectivity index (χ0n) is 10.6. The van der Waals surface area contributed by atoms with Gasteiger partial charge in [-0.15, -0.1) is 0 Å². The number of rotatable bonds is 2. The van der Waals surface area contributed by atoms with Crippen molar-refractivity contribution in [2.45, 2.75) is 26.5 Å². The predicted octanol–water partition coefficient (Wildman–Crippen LogP) is 2.30. The van der Waals surface area contributed by atoms with E-state index in [9.17, 15) is 4.79 Å². The number of imidazole rings is 1. The van der Waals surface area contributed by atoms with Crippen molar-refractivity contribution in [3.8, 4) is 6.01 Å². The van der Waals surface area contributed by atoms with Gasteiger partial charge < -0.3 is 9.47 Å². The highest BCUT2D eigenvalue weighted by molar-refractivity contribution is 6.03. The van der Waals surface area contributed by atoms with E-state index in [4.69, 9.17) is 9.47 Å². The highest BCUT2D eigenvalue weighted by Gasteiger charge is 2.37. The van der Waals surface area contributed by atoms with Gasteiger partial charge in [0.1, 0.15) is 0 Å². The molecule has 0 fully saturated rings. The molecule has 3 rings (SSSR count). The fourth-order valence-electron chi connectivity index (χ4n) is 2.32. The third kappa shape index (κ3) is 1.33. The summed E-state index contributed by atoms with van der Waals surface area (Å²) in [7, 11) is 0. The predicted molar refractivity (Wildman–Crippen MR) is 65.6 cm³/mol. The van der Waals surface area contributed by atoms with Crippen LogP contribution in [0.1, 0.15) is 31.1 Å². The number of carbonyl (C=O) groups is 1. The Balaban J connectivity index is 2.41. The number of carbonyl (C=O) groups excluding carboxylic acids is 1. The molecule has 0 unspecified atom stereocenters. The lowest BCUT2D eigenvalue weighted by Gasteiger charge is -2.32. The molecule has 0 atom stereocenters. The molecule has 2 heterocycles. The molecule has 18 heavy (non-hydrogen) atoms. The molecule has 5 nitrogen and oxygen atoms in total. The normalized spacial score (nSPS) is 16.7. The molecule has 0 radical (unpaired) electrons. The first-order valence-corrected chi connectivity index (χ1v) is 5.92. The number of esters is 1. The van der Waals surface area contributed by atoms with Crippen molar-refractivity contribution in [1.29, 1.82) is 0 Å². The van der Waals surface area contributed by atoms with Gasteiger partial charge in [0, 0.05) is 0 Å². The summed E-state index contributed by atoms with van der Waals surface area (Å²) in [6, 6.07) is 5.89. The molecule has 1 aromatic heterocycles. The van der Waals surface area contributed by atoms with E-state index in [1.54, 1.807) is 12.1 Å². The number of nitrogens with zero attached hydrogens (tertiary/aromatic N) is 2. The van der Waals surface area contributed by atoms with E-state index < -0.39 is 5.72 Å². The third-order valence-electron chi connectivity index (χ3n) is 3.02. The topological polar surface area (TPSA) is 53.4 Å². The molecule has 2 aromatic rings. The summed E-state index contributed by atoms with van der Waals surface area (Å²) in [5.74, 6) is -0.318. The summed E-state index contributed by atoms with van der Waals surface area (Å²) in [5, 5.41) is 0. The summed E-state index contributed by atoms with van der Waals surface area (Å²) < 4.78 is 12.8. The molecule has 1 aliphatic heterocycles. The lowest BCUT2D eigenvalue weighted by molar-refractivity contribution is -0.0478. The summed E-state index contributed by atoms with van der Waals surface area (Å²) in [6.07, 6.45) is 0. The van der Waals surface area contributed by atoms with Gasteiger partial charge in [-0.2, -0.15) is 4.98 Å². The van der Waals surface area contributed by atoms with E-state index >= 15 is 0 Å². The first-order chi connectivity index (χ1) is 8.54. The largest absolute Gasteiger partial charge is 0.465 e. The number of aromatic nitrogens is 2. The molecular formula is C13H14N2O3. The third-order valence-corrected chi connectivity index (χ3v) is 3.02. The maximum absolute atomic E-state index is 12.0. The maximum atomic E-state index is 12.0. The van der Waals surface area contributed by atoms with Crippen LogP contribution in [0.2, 0.25) is 0 Å². The van der Waals surface area contributed by atoms with E-state index in [0.717, 1.165) is 11.0 Å². The minimum absolute atomic E-state index is 0.318. The van der Waals surface area contributed by atoms with Crippen molar-refractivity contribution in [2.75, 3.05) is 6.61 Å². The van der Waals surface area contributed by atoms with Crippen molar-refractivity contribution in [3.63, 3.8) is 0 Å². The Labute approximate surface area is 104 Å². The molecule has 0 saturated carbocycles. The fraction of sp³-hybridized carbons (Fsp3) is 0.385. The first kappa shape index (κ1) is 11.1. The minimum Gasteiger partial charge on any atom is -0.465 e. The smallest absolute Gasteiger partial charge is 0.342 e. The number of cyclic esters (lactones) is 1. The van der Waals surface area contributed by atoms with E-state index in [1.165, 1.54) is 0 Å². The van der Waals surface area contributed by atoms with E-state index in [2.05, 4.69) is 4.98 Å². The molecule has 94 valence electrons. The second-order valence-electron chi connectivity index (χ2n) is 4.67. The van der Waals surface area contributed by atoms with Crippen LogP contribution in [-0.4, -0.2) is 22.1 Å². The van der Waals surface area contributed by atoms with E-state index in [0.29, 0.717) is 18.2 Å². The van der Waals surface area contributed by atoms with Crippen LogP contribution >= 0.6 is 0 Å². The number of hydrogen-bond acceptors (Lipinski definition) is 4. The summed E-state index contributed by atoms with van der Waals surface area (Å²) in [4.78, 5) is 16.4. The van der Waals surface area contributed by atoms with Crippen LogP contribution in [0.15, 0.2) is 18.2 Å². The fourth-order valence-corrected chi connectivity index (χ4v) is 2.32. The van der Waals surface area contributed by atoms with Crippen molar-refractivity contribution >= 4 is 17.0 Å². The Hall–Kier alpha value is -2.04. The Kier molecular flexibility index (Phi) is 2.14. The number of benzene rings is 1.